The average Bonchev–Trinajstić information content (AvgIpc) is 0.917. The maximum atomic E-state index is 13.2. The van der Waals surface area contributed by atoms with Crippen molar-refractivity contribution >= 4 is 39.5 Å². The van der Waals surface area contributed by atoms with Gasteiger partial charge in [0.25, 0.3) is 0 Å². The Kier molecular flexibility index (Phi) is 77.9. The van der Waals surface area contributed by atoms with Crippen molar-refractivity contribution in [1.29, 1.82) is 0 Å². The number of aliphatic hydroxyl groups is 1. The largest absolute Gasteiger partial charge is 0.472 e. The Labute approximate surface area is 658 Å². The van der Waals surface area contributed by atoms with Crippen molar-refractivity contribution < 1.29 is 80.2 Å². The molecule has 0 rings (SSSR count). The van der Waals surface area contributed by atoms with Crippen LogP contribution in [0.1, 0.15) is 472 Å². The smallest absolute Gasteiger partial charge is 0.462 e. The van der Waals surface area contributed by atoms with E-state index in [2.05, 4.69) is 41.5 Å². The highest BCUT2D eigenvalue weighted by atomic mass is 31.2. The number of phosphoric acid groups is 2. The van der Waals surface area contributed by atoms with Crippen LogP contribution < -0.4 is 0 Å². The Hall–Kier alpha value is -1.94. The molecule has 0 bridgehead atoms. The normalized spacial score (nSPS) is 14.0. The lowest BCUT2D eigenvalue weighted by Crippen LogP contribution is -2.30. The third kappa shape index (κ3) is 80.5. The molecule has 17 nitrogen and oxygen atoms in total. The van der Waals surface area contributed by atoms with Gasteiger partial charge < -0.3 is 33.8 Å². The second-order valence-corrected chi connectivity index (χ2v) is 35.3. The third-order valence-electron chi connectivity index (χ3n) is 21.1. The number of ether oxygens (including phenoxy) is 4. The highest BCUT2D eigenvalue weighted by molar-refractivity contribution is 7.47. The van der Waals surface area contributed by atoms with E-state index in [9.17, 15) is 43.2 Å². The summed E-state index contributed by atoms with van der Waals surface area (Å²) < 4.78 is 69.0. The number of hydrogen-bond donors (Lipinski definition) is 3. The molecule has 636 valence electrons. The Morgan fingerprint density at radius 2 is 0.477 bits per heavy atom. The molecule has 0 heterocycles. The Balaban J connectivity index is 5.23. The molecule has 0 aliphatic heterocycles. The summed E-state index contributed by atoms with van der Waals surface area (Å²) in [5, 5.41) is 10.7. The molecule has 0 aliphatic carbocycles. The van der Waals surface area contributed by atoms with Gasteiger partial charge in [0.1, 0.15) is 19.3 Å². The molecule has 0 spiro atoms. The first-order valence-electron chi connectivity index (χ1n) is 45.5. The molecule has 19 heteroatoms. The number of aliphatic hydroxyl groups excluding tert-OH is 1. The van der Waals surface area contributed by atoms with Gasteiger partial charge in [0.05, 0.1) is 26.4 Å². The lowest BCUT2D eigenvalue weighted by molar-refractivity contribution is -0.161. The van der Waals surface area contributed by atoms with Crippen LogP contribution in [-0.2, 0) is 65.4 Å². The minimum Gasteiger partial charge on any atom is -0.462 e. The summed E-state index contributed by atoms with van der Waals surface area (Å²) in [6.07, 6.45) is 72.2. The molecule has 3 unspecified atom stereocenters. The molecule has 0 aromatic carbocycles. The standard InChI is InChI=1S/C88H172O17P2/c1-7-10-12-14-16-18-20-22-24-25-26-30-34-37-41-45-52-58-64-70-85(90)98-76-83(104-87(92)73-67-61-55-47-43-39-35-31-28-27-29-33-36-40-44-51-57-63-69-81(6)9-3)78-102-106(94,95)100-74-82(89)75-101-107(96,97)103-79-84(77-99-86(91)71-65-59-53-49-48-50-56-62-68-80(4)5)105-88(93)72-66-60-54-46-42-38-32-23-21-19-17-15-13-11-8-2/h80-84,89H,7-79H2,1-6H3,(H,94,95)(H,96,97)/t81?,82-,83-,84-/m1/s1. The topological polar surface area (TPSA) is 237 Å². The quantitative estimate of drug-likeness (QED) is 0.0222. The van der Waals surface area contributed by atoms with Gasteiger partial charge in [-0.25, -0.2) is 9.13 Å². The van der Waals surface area contributed by atoms with Crippen molar-refractivity contribution in [2.75, 3.05) is 39.6 Å². The number of hydrogen-bond acceptors (Lipinski definition) is 15. The number of carbonyl (C=O) groups excluding carboxylic acids is 4. The van der Waals surface area contributed by atoms with Crippen LogP contribution in [0.15, 0.2) is 0 Å². The van der Waals surface area contributed by atoms with Crippen LogP contribution in [0.5, 0.6) is 0 Å². The molecule has 6 atom stereocenters. The number of carbonyl (C=O) groups is 4. The fourth-order valence-corrected chi connectivity index (χ4v) is 15.3. The van der Waals surface area contributed by atoms with E-state index in [0.29, 0.717) is 25.7 Å². The highest BCUT2D eigenvalue weighted by Crippen LogP contribution is 2.45. The summed E-state index contributed by atoms with van der Waals surface area (Å²) in [6.45, 7) is 9.72. The van der Waals surface area contributed by atoms with Crippen molar-refractivity contribution in [2.24, 2.45) is 11.8 Å². The zero-order valence-corrected chi connectivity index (χ0v) is 72.2. The summed E-state index contributed by atoms with van der Waals surface area (Å²) in [5.41, 5.74) is 0. The van der Waals surface area contributed by atoms with Gasteiger partial charge in [-0.3, -0.25) is 37.3 Å². The van der Waals surface area contributed by atoms with Crippen molar-refractivity contribution in [3.63, 3.8) is 0 Å². The molecule has 0 saturated carbocycles. The molecule has 0 saturated heterocycles. The summed E-state index contributed by atoms with van der Waals surface area (Å²) in [5.74, 6) is -0.502. The molecular formula is C88H172O17P2. The van der Waals surface area contributed by atoms with Crippen LogP contribution in [0.25, 0.3) is 0 Å². The van der Waals surface area contributed by atoms with Gasteiger partial charge >= 0.3 is 39.5 Å². The molecule has 3 N–H and O–H groups in total. The van der Waals surface area contributed by atoms with Crippen LogP contribution in [-0.4, -0.2) is 96.7 Å². The van der Waals surface area contributed by atoms with Gasteiger partial charge in [0, 0.05) is 25.7 Å². The van der Waals surface area contributed by atoms with Gasteiger partial charge in [-0.05, 0) is 37.5 Å². The maximum Gasteiger partial charge on any atom is 0.472 e. The second-order valence-electron chi connectivity index (χ2n) is 32.4. The SMILES string of the molecule is CCCCCCCCCCCCCCCCCCCCCC(=O)OC[C@H](COP(=O)(O)OC[C@@H](O)COP(=O)(O)OC[C@@H](COC(=O)CCCCCCCCCCC(C)C)OC(=O)CCCCCCCCCCCCCCCCC)OC(=O)CCCCCCCCCCCCCCCCCCCCC(C)CC. The van der Waals surface area contributed by atoms with Gasteiger partial charge in [-0.2, -0.15) is 0 Å². The van der Waals surface area contributed by atoms with Gasteiger partial charge in [-0.1, -0.05) is 420 Å². The van der Waals surface area contributed by atoms with Crippen molar-refractivity contribution in [1.82, 2.24) is 0 Å². The van der Waals surface area contributed by atoms with Crippen LogP contribution >= 0.6 is 15.6 Å². The molecule has 0 aromatic heterocycles. The van der Waals surface area contributed by atoms with E-state index in [1.54, 1.807) is 0 Å². The third-order valence-corrected chi connectivity index (χ3v) is 23.0. The van der Waals surface area contributed by atoms with E-state index in [0.717, 1.165) is 102 Å². The van der Waals surface area contributed by atoms with Crippen molar-refractivity contribution in [3.8, 4) is 0 Å². The minimum atomic E-state index is -4.97. The second kappa shape index (κ2) is 79.3. The molecule has 0 radical (unpaired) electrons. The molecule has 0 aliphatic rings. The van der Waals surface area contributed by atoms with Crippen LogP contribution in [0.3, 0.4) is 0 Å². The van der Waals surface area contributed by atoms with E-state index < -0.39 is 97.5 Å². The average molecular weight is 1560 g/mol. The number of esters is 4. The van der Waals surface area contributed by atoms with Crippen LogP contribution in [0.2, 0.25) is 0 Å². The molecular weight excluding hydrogens is 1390 g/mol. The summed E-state index contributed by atoms with van der Waals surface area (Å²) in [7, 11) is -9.93. The van der Waals surface area contributed by atoms with Gasteiger partial charge in [0.15, 0.2) is 12.2 Å². The van der Waals surface area contributed by atoms with E-state index in [-0.39, 0.29) is 25.7 Å². The van der Waals surface area contributed by atoms with Crippen LogP contribution in [0.4, 0.5) is 0 Å². The lowest BCUT2D eigenvalue weighted by Gasteiger charge is -2.21. The van der Waals surface area contributed by atoms with Crippen molar-refractivity contribution in [2.45, 2.75) is 490 Å². The predicted octanol–water partition coefficient (Wildman–Crippen LogP) is 27.0. The zero-order valence-electron chi connectivity index (χ0n) is 70.5. The number of rotatable bonds is 87. The first-order chi connectivity index (χ1) is 51.9. The number of phosphoric ester groups is 2. The van der Waals surface area contributed by atoms with Gasteiger partial charge in [-0.15, -0.1) is 0 Å². The Morgan fingerprint density at radius 3 is 0.710 bits per heavy atom. The maximum absolute atomic E-state index is 13.2. The van der Waals surface area contributed by atoms with E-state index in [1.807, 2.05) is 0 Å². The monoisotopic (exact) mass is 1560 g/mol. The zero-order chi connectivity index (χ0) is 78.5. The fourth-order valence-electron chi connectivity index (χ4n) is 13.7. The van der Waals surface area contributed by atoms with Gasteiger partial charge in [0.2, 0.25) is 0 Å². The van der Waals surface area contributed by atoms with E-state index in [4.69, 9.17) is 37.0 Å². The van der Waals surface area contributed by atoms with Crippen LogP contribution in [0, 0.1) is 11.8 Å². The molecule has 107 heavy (non-hydrogen) atoms. The summed E-state index contributed by atoms with van der Waals surface area (Å²) in [4.78, 5) is 73.3. The predicted molar refractivity (Wildman–Crippen MR) is 442 cm³/mol. The molecule has 0 amide bonds. The van der Waals surface area contributed by atoms with E-state index in [1.165, 1.54) is 289 Å². The molecule has 0 fully saturated rings. The first-order valence-corrected chi connectivity index (χ1v) is 48.5. The first kappa shape index (κ1) is 105. The van der Waals surface area contributed by atoms with Crippen molar-refractivity contribution in [3.05, 3.63) is 0 Å². The Morgan fingerprint density at radius 1 is 0.271 bits per heavy atom. The Bertz CT molecular complexity index is 2050. The summed E-state index contributed by atoms with van der Waals surface area (Å²) >= 11 is 0. The fraction of sp³-hybridized carbons (Fsp3) is 0.955. The highest BCUT2D eigenvalue weighted by Gasteiger charge is 2.31. The van der Waals surface area contributed by atoms with E-state index >= 15 is 0 Å². The minimum absolute atomic E-state index is 0.108. The molecule has 0 aromatic rings. The number of unbranched alkanes of at least 4 members (excludes halogenated alkanes) is 56. The lowest BCUT2D eigenvalue weighted by atomic mass is 9.99. The summed E-state index contributed by atoms with van der Waals surface area (Å²) in [6, 6.07) is 0.